The van der Waals surface area contributed by atoms with E-state index < -0.39 is 19.9 Å². The van der Waals surface area contributed by atoms with Crippen LogP contribution in [0.2, 0.25) is 0 Å². The number of carbonyl (C=O) groups excluding carboxylic acids is 1. The third kappa shape index (κ3) is 30.5. The van der Waals surface area contributed by atoms with Gasteiger partial charge in [0.25, 0.3) is 7.82 Å². The molecule has 9 heteroatoms. The Morgan fingerprint density at radius 3 is 1.50 bits per heavy atom. The zero-order valence-electron chi connectivity index (χ0n) is 26.8. The van der Waals surface area contributed by atoms with E-state index in [1.54, 1.807) is 0 Å². The molecular formula is C31H64NO7P. The molecule has 0 bridgehead atoms. The lowest BCUT2D eigenvalue weighted by Gasteiger charge is -2.28. The second kappa shape index (κ2) is 26.2. The molecule has 0 heterocycles. The SMILES string of the molecule is CCCCCCCCCCCCCCCCCCCCCOCC(COP(=O)([O-])OCC[N+](C)(C)C)OC(C)=O. The number of phosphoric ester groups is 1. The van der Waals surface area contributed by atoms with Crippen LogP contribution in [0.15, 0.2) is 0 Å². The number of carbonyl (C=O) groups is 1. The van der Waals surface area contributed by atoms with Gasteiger partial charge in [0.2, 0.25) is 0 Å². The third-order valence-corrected chi connectivity index (χ3v) is 7.92. The van der Waals surface area contributed by atoms with Gasteiger partial charge in [-0.25, -0.2) is 0 Å². The van der Waals surface area contributed by atoms with Gasteiger partial charge in [-0.05, 0) is 6.42 Å². The van der Waals surface area contributed by atoms with E-state index in [0.29, 0.717) is 17.6 Å². The lowest BCUT2D eigenvalue weighted by molar-refractivity contribution is -0.870. The molecule has 0 aliphatic heterocycles. The first-order valence-electron chi connectivity index (χ1n) is 16.2. The van der Waals surface area contributed by atoms with Crippen LogP contribution in [0.1, 0.15) is 136 Å². The molecule has 0 saturated carbocycles. The van der Waals surface area contributed by atoms with Crippen molar-refractivity contribution in [2.75, 3.05) is 54.1 Å². The van der Waals surface area contributed by atoms with Crippen LogP contribution < -0.4 is 4.89 Å². The molecule has 2 unspecified atom stereocenters. The van der Waals surface area contributed by atoms with Crippen molar-refractivity contribution in [3.63, 3.8) is 0 Å². The highest BCUT2D eigenvalue weighted by molar-refractivity contribution is 7.45. The van der Waals surface area contributed by atoms with Crippen LogP contribution in [-0.2, 0) is 27.9 Å². The minimum Gasteiger partial charge on any atom is -0.756 e. The fourth-order valence-corrected chi connectivity index (χ4v) is 5.22. The molecule has 240 valence electrons. The van der Waals surface area contributed by atoms with Crippen LogP contribution in [0.25, 0.3) is 0 Å². The number of unbranched alkanes of at least 4 members (excludes halogenated alkanes) is 18. The molecule has 0 saturated heterocycles. The van der Waals surface area contributed by atoms with E-state index in [4.69, 9.17) is 18.5 Å². The Bertz CT molecular complexity index is 627. The van der Waals surface area contributed by atoms with Crippen LogP contribution in [0.3, 0.4) is 0 Å². The molecule has 2 atom stereocenters. The molecule has 8 nitrogen and oxygen atoms in total. The number of nitrogens with zero attached hydrogens (tertiary/aromatic N) is 1. The highest BCUT2D eigenvalue weighted by Crippen LogP contribution is 2.38. The maximum absolute atomic E-state index is 12.0. The summed E-state index contributed by atoms with van der Waals surface area (Å²) in [5.41, 5.74) is 0. The summed E-state index contributed by atoms with van der Waals surface area (Å²) in [6.45, 7) is 4.43. The number of esters is 1. The molecule has 0 aliphatic rings. The normalized spacial score (nSPS) is 14.2. The number of likely N-dealkylation sites (N-methyl/N-ethyl adjacent to an activating group) is 1. The number of hydrogen-bond acceptors (Lipinski definition) is 7. The summed E-state index contributed by atoms with van der Waals surface area (Å²) in [7, 11) is 1.35. The van der Waals surface area contributed by atoms with Crippen LogP contribution in [0.4, 0.5) is 0 Å². The molecule has 0 fully saturated rings. The Hall–Kier alpha value is -0.500. The van der Waals surface area contributed by atoms with Crippen molar-refractivity contribution in [2.45, 2.75) is 142 Å². The van der Waals surface area contributed by atoms with Crippen LogP contribution in [-0.4, -0.2) is 70.7 Å². The summed E-state index contributed by atoms with van der Waals surface area (Å²) in [4.78, 5) is 23.3. The van der Waals surface area contributed by atoms with Gasteiger partial charge in [0.15, 0.2) is 0 Å². The average molecular weight is 594 g/mol. The van der Waals surface area contributed by atoms with Gasteiger partial charge in [-0.2, -0.15) is 0 Å². The van der Waals surface area contributed by atoms with Gasteiger partial charge in [-0.1, -0.05) is 122 Å². The standard InChI is InChI=1S/C31H64NO7P/c1-6-7-8-9-10-11-12-13-14-15-16-17-18-19-20-21-22-23-24-26-36-28-31(39-30(2)33)29-38-40(34,35)37-27-25-32(3,4)5/h31H,6-29H2,1-5H3. The number of phosphoric acid groups is 1. The molecule has 0 aromatic rings. The number of hydrogen-bond donors (Lipinski definition) is 0. The molecule has 0 aliphatic carbocycles. The van der Waals surface area contributed by atoms with Gasteiger partial charge in [0, 0.05) is 13.5 Å². The summed E-state index contributed by atoms with van der Waals surface area (Å²) >= 11 is 0. The summed E-state index contributed by atoms with van der Waals surface area (Å²) in [5, 5.41) is 0. The maximum Gasteiger partial charge on any atom is 0.303 e. The number of ether oxygens (including phenoxy) is 2. The van der Waals surface area contributed by atoms with E-state index in [1.807, 2.05) is 21.1 Å². The molecule has 0 aromatic carbocycles. The van der Waals surface area contributed by atoms with E-state index >= 15 is 0 Å². The zero-order valence-corrected chi connectivity index (χ0v) is 27.7. The van der Waals surface area contributed by atoms with Gasteiger partial charge in [0.1, 0.15) is 19.3 Å². The molecule has 0 radical (unpaired) electrons. The lowest BCUT2D eigenvalue weighted by Crippen LogP contribution is -2.37. The third-order valence-electron chi connectivity index (χ3n) is 6.96. The first-order chi connectivity index (χ1) is 19.1. The van der Waals surface area contributed by atoms with E-state index in [0.717, 1.165) is 12.8 Å². The summed E-state index contributed by atoms with van der Waals surface area (Å²) < 4.78 is 33.1. The largest absolute Gasteiger partial charge is 0.756 e. The van der Waals surface area contributed by atoms with Gasteiger partial charge in [-0.3, -0.25) is 9.36 Å². The quantitative estimate of drug-likeness (QED) is 0.0367. The lowest BCUT2D eigenvalue weighted by atomic mass is 10.0. The van der Waals surface area contributed by atoms with Crippen molar-refractivity contribution in [3.8, 4) is 0 Å². The smallest absolute Gasteiger partial charge is 0.303 e. The fourth-order valence-electron chi connectivity index (χ4n) is 4.49. The Kier molecular flexibility index (Phi) is 25.8. The first-order valence-corrected chi connectivity index (χ1v) is 17.7. The van der Waals surface area contributed by atoms with Crippen LogP contribution in [0.5, 0.6) is 0 Å². The first kappa shape index (κ1) is 39.5. The van der Waals surface area contributed by atoms with E-state index in [2.05, 4.69) is 6.92 Å². The van der Waals surface area contributed by atoms with Crippen molar-refractivity contribution in [2.24, 2.45) is 0 Å². The second-order valence-electron chi connectivity index (χ2n) is 12.3. The Labute approximate surface area is 247 Å². The number of quaternary nitrogens is 1. The van der Waals surface area contributed by atoms with Gasteiger partial charge in [-0.15, -0.1) is 0 Å². The summed E-state index contributed by atoms with van der Waals surface area (Å²) in [5.74, 6) is -0.507. The summed E-state index contributed by atoms with van der Waals surface area (Å²) in [6, 6.07) is 0. The second-order valence-corrected chi connectivity index (χ2v) is 13.7. The minimum absolute atomic E-state index is 0.0262. The molecule has 0 amide bonds. The molecular weight excluding hydrogens is 529 g/mol. The highest BCUT2D eigenvalue weighted by Gasteiger charge is 2.19. The van der Waals surface area contributed by atoms with E-state index in [-0.39, 0.29) is 19.8 Å². The highest BCUT2D eigenvalue weighted by atomic mass is 31.2. The average Bonchev–Trinajstić information content (AvgIpc) is 2.87. The Morgan fingerprint density at radius 1 is 0.675 bits per heavy atom. The Morgan fingerprint density at radius 2 is 1.10 bits per heavy atom. The van der Waals surface area contributed by atoms with Gasteiger partial charge >= 0.3 is 5.97 Å². The summed E-state index contributed by atoms with van der Waals surface area (Å²) in [6.07, 6.45) is 24.6. The van der Waals surface area contributed by atoms with Crippen molar-refractivity contribution < 1.29 is 37.3 Å². The molecule has 0 spiro atoms. The molecule has 0 N–H and O–H groups in total. The van der Waals surface area contributed by atoms with E-state index in [9.17, 15) is 14.3 Å². The monoisotopic (exact) mass is 593 g/mol. The number of rotatable bonds is 30. The molecule has 40 heavy (non-hydrogen) atoms. The molecule has 0 rings (SSSR count). The predicted molar refractivity (Wildman–Crippen MR) is 162 cm³/mol. The maximum atomic E-state index is 12.0. The van der Waals surface area contributed by atoms with Crippen molar-refractivity contribution in [1.82, 2.24) is 0 Å². The minimum atomic E-state index is -4.46. The predicted octanol–water partition coefficient (Wildman–Crippen LogP) is 7.57. The van der Waals surface area contributed by atoms with Crippen molar-refractivity contribution in [3.05, 3.63) is 0 Å². The van der Waals surface area contributed by atoms with Gasteiger partial charge < -0.3 is 27.9 Å². The van der Waals surface area contributed by atoms with Gasteiger partial charge in [0.05, 0.1) is 34.4 Å². The van der Waals surface area contributed by atoms with Crippen LogP contribution >= 0.6 is 7.82 Å². The molecule has 0 aromatic heterocycles. The van der Waals surface area contributed by atoms with Crippen LogP contribution in [0, 0.1) is 0 Å². The Balaban J connectivity index is 3.62. The topological polar surface area (TPSA) is 94.1 Å². The zero-order chi connectivity index (χ0) is 30.0. The van der Waals surface area contributed by atoms with Crippen molar-refractivity contribution >= 4 is 13.8 Å². The van der Waals surface area contributed by atoms with Crippen molar-refractivity contribution in [1.29, 1.82) is 0 Å². The van der Waals surface area contributed by atoms with E-state index in [1.165, 1.54) is 116 Å². The fraction of sp³-hybridized carbons (Fsp3) is 0.968.